The summed E-state index contributed by atoms with van der Waals surface area (Å²) >= 11 is 0. The van der Waals surface area contributed by atoms with Gasteiger partial charge in [0.1, 0.15) is 5.82 Å². The first-order valence-electron chi connectivity index (χ1n) is 10.7. The fourth-order valence-electron chi connectivity index (χ4n) is 4.12. The minimum absolute atomic E-state index is 0.0871. The van der Waals surface area contributed by atoms with Crippen LogP contribution in [0.2, 0.25) is 0 Å². The van der Waals surface area contributed by atoms with E-state index in [1.165, 1.54) is 0 Å². The lowest BCUT2D eigenvalue weighted by molar-refractivity contribution is 0.137. The first kappa shape index (κ1) is 21.1. The lowest BCUT2D eigenvalue weighted by Gasteiger charge is -2.35. The van der Waals surface area contributed by atoms with Crippen LogP contribution in [0.1, 0.15) is 43.5 Å². The van der Waals surface area contributed by atoms with Gasteiger partial charge in [-0.3, -0.25) is 14.7 Å². The lowest BCUT2D eigenvalue weighted by atomic mass is 9.98. The Bertz CT molecular complexity index is 1070. The summed E-state index contributed by atoms with van der Waals surface area (Å²) < 4.78 is 11.2. The average molecular weight is 421 g/mol. The van der Waals surface area contributed by atoms with Crippen molar-refractivity contribution in [2.24, 2.45) is 0 Å². The number of piperidine rings is 1. The van der Waals surface area contributed by atoms with Crippen molar-refractivity contribution < 1.29 is 9.47 Å². The molecule has 3 heterocycles. The Morgan fingerprint density at radius 3 is 2.87 bits per heavy atom. The van der Waals surface area contributed by atoms with Gasteiger partial charge >= 0.3 is 0 Å². The Balaban J connectivity index is 1.62. The van der Waals surface area contributed by atoms with Crippen LogP contribution in [0.15, 0.2) is 53.6 Å². The van der Waals surface area contributed by atoms with Gasteiger partial charge in [-0.15, -0.1) is 0 Å². The second-order valence-electron chi connectivity index (χ2n) is 7.66. The van der Waals surface area contributed by atoms with Crippen LogP contribution in [-0.4, -0.2) is 40.1 Å². The second-order valence-corrected chi connectivity index (χ2v) is 7.66. The Kier molecular flexibility index (Phi) is 6.62. The number of nitrogens with one attached hydrogen (secondary N) is 1. The van der Waals surface area contributed by atoms with Crippen LogP contribution in [-0.2, 0) is 6.54 Å². The highest BCUT2D eigenvalue weighted by Crippen LogP contribution is 2.33. The molecule has 162 valence electrons. The third-order valence-corrected chi connectivity index (χ3v) is 5.57. The summed E-state index contributed by atoms with van der Waals surface area (Å²) in [6.07, 6.45) is 6.64. The van der Waals surface area contributed by atoms with Crippen molar-refractivity contribution >= 4 is 0 Å². The number of aromatic nitrogens is 3. The van der Waals surface area contributed by atoms with Crippen molar-refractivity contribution in [3.63, 3.8) is 0 Å². The molecular formula is C24H28N4O3. The van der Waals surface area contributed by atoms with Crippen LogP contribution in [0.4, 0.5) is 0 Å². The normalized spacial score (nSPS) is 16.8. The smallest absolute Gasteiger partial charge is 0.251 e. The topological polar surface area (TPSA) is 80.3 Å². The van der Waals surface area contributed by atoms with Crippen LogP contribution in [0.3, 0.4) is 0 Å². The third kappa shape index (κ3) is 4.94. The molecule has 1 N–H and O–H groups in total. The number of aromatic amines is 1. The SMILES string of the molecule is CCOc1cc(CN2CCCCC2c2cc(=O)[nH]c(-c3cccnc3)n2)ccc1OC. The van der Waals surface area contributed by atoms with Gasteiger partial charge in [0.05, 0.1) is 25.5 Å². The summed E-state index contributed by atoms with van der Waals surface area (Å²) in [6.45, 7) is 4.26. The number of ether oxygens (including phenoxy) is 2. The molecule has 0 radical (unpaired) electrons. The van der Waals surface area contributed by atoms with Crippen LogP contribution >= 0.6 is 0 Å². The van der Waals surface area contributed by atoms with Gasteiger partial charge in [0.25, 0.3) is 5.56 Å². The van der Waals surface area contributed by atoms with E-state index >= 15 is 0 Å². The number of nitrogens with zero attached hydrogens (tertiary/aromatic N) is 3. The van der Waals surface area contributed by atoms with Crippen LogP contribution in [0, 0.1) is 0 Å². The highest BCUT2D eigenvalue weighted by Gasteiger charge is 2.26. The molecule has 0 saturated carbocycles. The van der Waals surface area contributed by atoms with E-state index in [1.807, 2.05) is 31.2 Å². The lowest BCUT2D eigenvalue weighted by Crippen LogP contribution is -2.34. The number of pyridine rings is 1. The fraction of sp³-hybridized carbons (Fsp3) is 0.375. The van der Waals surface area contributed by atoms with E-state index in [4.69, 9.17) is 14.5 Å². The standard InChI is InChI=1S/C24H28N4O3/c1-3-31-22-13-17(9-10-21(22)30-2)16-28-12-5-4-8-20(28)19-14-23(29)27-24(26-19)18-7-6-11-25-15-18/h6-7,9-11,13-15,20H,3-5,8,12,16H2,1-2H3,(H,26,27,29). The predicted molar refractivity (Wildman–Crippen MR) is 119 cm³/mol. The molecule has 1 saturated heterocycles. The summed E-state index contributed by atoms with van der Waals surface area (Å²) in [4.78, 5) is 26.6. The molecule has 1 unspecified atom stereocenters. The molecule has 1 aliphatic heterocycles. The monoisotopic (exact) mass is 420 g/mol. The zero-order valence-electron chi connectivity index (χ0n) is 18.0. The summed E-state index contributed by atoms with van der Waals surface area (Å²) in [5, 5.41) is 0. The molecule has 4 rings (SSSR count). The van der Waals surface area contributed by atoms with Crippen molar-refractivity contribution in [3.05, 3.63) is 70.4 Å². The highest BCUT2D eigenvalue weighted by atomic mass is 16.5. The zero-order chi connectivity index (χ0) is 21.6. The summed E-state index contributed by atoms with van der Waals surface area (Å²) in [5.41, 5.74) is 2.62. The van der Waals surface area contributed by atoms with Crippen LogP contribution in [0.5, 0.6) is 11.5 Å². The van der Waals surface area contributed by atoms with E-state index < -0.39 is 0 Å². The molecule has 0 spiro atoms. The Labute approximate surface area is 182 Å². The summed E-state index contributed by atoms with van der Waals surface area (Å²) in [6, 6.07) is 11.5. The number of hydrogen-bond acceptors (Lipinski definition) is 6. The molecule has 0 amide bonds. The molecule has 2 aromatic heterocycles. The van der Waals surface area contributed by atoms with Gasteiger partial charge in [0.2, 0.25) is 0 Å². The maximum Gasteiger partial charge on any atom is 0.251 e. The predicted octanol–water partition coefficient (Wildman–Crippen LogP) is 3.97. The van der Waals surface area contributed by atoms with Crippen molar-refractivity contribution in [2.75, 3.05) is 20.3 Å². The maximum absolute atomic E-state index is 12.4. The highest BCUT2D eigenvalue weighted by molar-refractivity contribution is 5.52. The molecule has 1 atom stereocenters. The average Bonchev–Trinajstić information content (AvgIpc) is 2.80. The van der Waals surface area contributed by atoms with Crippen molar-refractivity contribution in [1.82, 2.24) is 19.9 Å². The number of likely N-dealkylation sites (tertiary alicyclic amines) is 1. The summed E-state index contributed by atoms with van der Waals surface area (Å²) in [7, 11) is 1.65. The molecule has 3 aromatic rings. The molecule has 7 heteroatoms. The maximum atomic E-state index is 12.4. The Hall–Kier alpha value is -3.19. The molecule has 1 aromatic carbocycles. The molecule has 0 aliphatic carbocycles. The van der Waals surface area contributed by atoms with E-state index in [-0.39, 0.29) is 11.6 Å². The largest absolute Gasteiger partial charge is 0.493 e. The van der Waals surface area contributed by atoms with E-state index in [1.54, 1.807) is 25.6 Å². The fourth-order valence-corrected chi connectivity index (χ4v) is 4.12. The minimum Gasteiger partial charge on any atom is -0.493 e. The van der Waals surface area contributed by atoms with Gasteiger partial charge in [-0.25, -0.2) is 4.98 Å². The first-order valence-corrected chi connectivity index (χ1v) is 10.7. The van der Waals surface area contributed by atoms with Gasteiger partial charge < -0.3 is 14.5 Å². The molecular weight excluding hydrogens is 392 g/mol. The van der Waals surface area contributed by atoms with Crippen LogP contribution in [0.25, 0.3) is 11.4 Å². The molecule has 1 fully saturated rings. The van der Waals surface area contributed by atoms with E-state index in [0.29, 0.717) is 12.4 Å². The Morgan fingerprint density at radius 1 is 1.19 bits per heavy atom. The molecule has 31 heavy (non-hydrogen) atoms. The van der Waals surface area contributed by atoms with Crippen molar-refractivity contribution in [2.45, 2.75) is 38.8 Å². The van der Waals surface area contributed by atoms with Gasteiger partial charge in [0.15, 0.2) is 11.5 Å². The van der Waals surface area contributed by atoms with Crippen molar-refractivity contribution in [3.8, 4) is 22.9 Å². The number of hydrogen-bond donors (Lipinski definition) is 1. The van der Waals surface area contributed by atoms with E-state index in [2.05, 4.69) is 20.9 Å². The Morgan fingerprint density at radius 2 is 2.10 bits per heavy atom. The van der Waals surface area contributed by atoms with E-state index in [0.717, 1.165) is 60.7 Å². The molecule has 7 nitrogen and oxygen atoms in total. The first-order chi connectivity index (χ1) is 15.2. The molecule has 0 bridgehead atoms. The number of H-pyrrole nitrogens is 1. The van der Waals surface area contributed by atoms with Gasteiger partial charge in [-0.2, -0.15) is 0 Å². The zero-order valence-corrected chi connectivity index (χ0v) is 18.0. The van der Waals surface area contributed by atoms with E-state index in [9.17, 15) is 4.79 Å². The molecule has 1 aliphatic rings. The number of methoxy groups -OCH3 is 1. The van der Waals surface area contributed by atoms with Gasteiger partial charge in [0, 0.05) is 30.6 Å². The van der Waals surface area contributed by atoms with Gasteiger partial charge in [-0.05, 0) is 56.1 Å². The third-order valence-electron chi connectivity index (χ3n) is 5.57. The van der Waals surface area contributed by atoms with Crippen molar-refractivity contribution in [1.29, 1.82) is 0 Å². The number of benzene rings is 1. The van der Waals surface area contributed by atoms with Gasteiger partial charge in [-0.1, -0.05) is 12.5 Å². The quantitative estimate of drug-likeness (QED) is 0.623. The second kappa shape index (κ2) is 9.75. The van der Waals surface area contributed by atoms with Crippen LogP contribution < -0.4 is 15.0 Å². The number of rotatable bonds is 7. The minimum atomic E-state index is -0.141. The summed E-state index contributed by atoms with van der Waals surface area (Å²) in [5.74, 6) is 2.05.